The summed E-state index contributed by atoms with van der Waals surface area (Å²) in [5, 5.41) is 15.2. The second kappa shape index (κ2) is 24.0. The van der Waals surface area contributed by atoms with Crippen molar-refractivity contribution in [3.8, 4) is 11.5 Å². The van der Waals surface area contributed by atoms with Crippen LogP contribution in [0, 0.1) is 11.8 Å². The Morgan fingerprint density at radius 3 is 1.44 bits per heavy atom. The molecule has 0 unspecified atom stereocenters. The van der Waals surface area contributed by atoms with Gasteiger partial charge in [0.25, 0.3) is 11.8 Å². The van der Waals surface area contributed by atoms with Gasteiger partial charge in [0, 0.05) is 43.5 Å². The molecular formula is C49H62N6O7. The summed E-state index contributed by atoms with van der Waals surface area (Å²) in [7, 11) is 3.16. The van der Waals surface area contributed by atoms with Gasteiger partial charge in [0.2, 0.25) is 11.8 Å². The second-order valence-electron chi connectivity index (χ2n) is 16.1. The fraction of sp³-hybridized carbons (Fsp3) is 0.429. The molecule has 7 rings (SSSR count). The molecule has 5 N–H and O–H groups in total. The molecule has 3 heterocycles. The van der Waals surface area contributed by atoms with Crippen LogP contribution < -0.4 is 36.1 Å². The maximum Gasteiger partial charge on any atom is 0.252 e. The summed E-state index contributed by atoms with van der Waals surface area (Å²) in [5.74, 6) is 1.32. The van der Waals surface area contributed by atoms with Crippen LogP contribution in [0.15, 0.2) is 109 Å². The molecule has 4 aromatic carbocycles. The number of ether oxygens (including phenoxy) is 3. The van der Waals surface area contributed by atoms with Crippen LogP contribution in [0.1, 0.15) is 82.5 Å². The SMILES string of the molecule is COc1ccc(C(=O)N[C@@H](C(=O)NCC2CCN(C3CCOCC3)CC2)c2ccccc2)cc1.COc1ccc(C(=O)N[C@@H](C(=O)NCC2CCNCC2)c2ccccc2)cc1. The zero-order chi connectivity index (χ0) is 43.5. The zero-order valence-electron chi connectivity index (χ0n) is 36.0. The molecule has 3 aliphatic rings. The highest BCUT2D eigenvalue weighted by molar-refractivity contribution is 5.98. The van der Waals surface area contributed by atoms with Gasteiger partial charge in [-0.25, -0.2) is 0 Å². The van der Waals surface area contributed by atoms with E-state index in [9.17, 15) is 19.2 Å². The molecule has 0 aromatic heterocycles. The monoisotopic (exact) mass is 846 g/mol. The average Bonchev–Trinajstić information content (AvgIpc) is 3.34. The molecule has 0 aliphatic carbocycles. The number of hydrogen-bond donors (Lipinski definition) is 5. The molecule has 13 heteroatoms. The molecule has 330 valence electrons. The first-order valence-electron chi connectivity index (χ1n) is 21.9. The van der Waals surface area contributed by atoms with E-state index in [4.69, 9.17) is 14.2 Å². The number of likely N-dealkylation sites (tertiary alicyclic amines) is 1. The first kappa shape index (κ1) is 45.8. The lowest BCUT2D eigenvalue weighted by Crippen LogP contribution is -2.46. The topological polar surface area (TPSA) is 159 Å². The molecule has 4 aromatic rings. The Hall–Kier alpha value is -5.76. The average molecular weight is 847 g/mol. The predicted molar refractivity (Wildman–Crippen MR) is 239 cm³/mol. The lowest BCUT2D eigenvalue weighted by Gasteiger charge is -2.39. The molecule has 13 nitrogen and oxygen atoms in total. The number of nitrogens with one attached hydrogen (secondary N) is 5. The fourth-order valence-electron chi connectivity index (χ4n) is 8.16. The Balaban J connectivity index is 0.000000211. The molecule has 0 bridgehead atoms. The van der Waals surface area contributed by atoms with Crippen molar-refractivity contribution in [3.05, 3.63) is 131 Å². The Labute approximate surface area is 365 Å². The number of hydrogen-bond acceptors (Lipinski definition) is 9. The van der Waals surface area contributed by atoms with Crippen molar-refractivity contribution in [1.82, 2.24) is 31.5 Å². The van der Waals surface area contributed by atoms with Gasteiger partial charge in [-0.15, -0.1) is 0 Å². The minimum Gasteiger partial charge on any atom is -0.497 e. The van der Waals surface area contributed by atoms with Crippen molar-refractivity contribution < 1.29 is 33.4 Å². The van der Waals surface area contributed by atoms with E-state index in [0.29, 0.717) is 53.6 Å². The summed E-state index contributed by atoms with van der Waals surface area (Å²) >= 11 is 0. The number of benzene rings is 4. The summed E-state index contributed by atoms with van der Waals surface area (Å²) in [6, 6.07) is 31.5. The maximum atomic E-state index is 13.2. The first-order valence-corrected chi connectivity index (χ1v) is 21.9. The third-order valence-electron chi connectivity index (χ3n) is 12.0. The highest BCUT2D eigenvalue weighted by Crippen LogP contribution is 2.24. The summed E-state index contributed by atoms with van der Waals surface area (Å²) in [6.45, 7) is 7.09. The lowest BCUT2D eigenvalue weighted by atomic mass is 9.94. The van der Waals surface area contributed by atoms with Gasteiger partial charge < -0.3 is 45.7 Å². The van der Waals surface area contributed by atoms with Crippen LogP contribution in [0.4, 0.5) is 0 Å². The van der Waals surface area contributed by atoms with Crippen molar-refractivity contribution in [3.63, 3.8) is 0 Å². The van der Waals surface area contributed by atoms with E-state index in [-0.39, 0.29) is 23.6 Å². The van der Waals surface area contributed by atoms with Crippen molar-refractivity contribution in [2.75, 3.05) is 66.7 Å². The van der Waals surface area contributed by atoms with Gasteiger partial charge in [-0.3, -0.25) is 19.2 Å². The minimum atomic E-state index is -0.752. The van der Waals surface area contributed by atoms with Crippen LogP contribution in [0.25, 0.3) is 0 Å². The predicted octanol–water partition coefficient (Wildman–Crippen LogP) is 5.46. The molecule has 3 aliphatic heterocycles. The number of carbonyl (C=O) groups is 4. The second-order valence-corrected chi connectivity index (χ2v) is 16.1. The van der Waals surface area contributed by atoms with E-state index in [1.807, 2.05) is 60.7 Å². The van der Waals surface area contributed by atoms with Gasteiger partial charge >= 0.3 is 0 Å². The van der Waals surface area contributed by atoms with E-state index < -0.39 is 12.1 Å². The van der Waals surface area contributed by atoms with Crippen molar-refractivity contribution in [1.29, 1.82) is 0 Å². The number of amides is 4. The Kier molecular flexibility index (Phi) is 17.7. The maximum absolute atomic E-state index is 13.2. The highest BCUT2D eigenvalue weighted by atomic mass is 16.5. The summed E-state index contributed by atoms with van der Waals surface area (Å²) < 4.78 is 15.8. The van der Waals surface area contributed by atoms with Crippen molar-refractivity contribution in [2.45, 2.75) is 56.7 Å². The third-order valence-corrected chi connectivity index (χ3v) is 12.0. The van der Waals surface area contributed by atoms with E-state index >= 15 is 0 Å². The number of rotatable bonds is 15. The van der Waals surface area contributed by atoms with Gasteiger partial charge in [-0.1, -0.05) is 60.7 Å². The summed E-state index contributed by atoms with van der Waals surface area (Å²) in [4.78, 5) is 54.2. The van der Waals surface area contributed by atoms with Crippen LogP contribution in [0.2, 0.25) is 0 Å². The first-order chi connectivity index (χ1) is 30.3. The molecule has 4 amide bonds. The molecule has 0 radical (unpaired) electrons. The minimum absolute atomic E-state index is 0.181. The fourth-order valence-corrected chi connectivity index (χ4v) is 8.16. The van der Waals surface area contributed by atoms with Gasteiger partial charge in [0.1, 0.15) is 23.6 Å². The number of piperidine rings is 2. The van der Waals surface area contributed by atoms with Crippen LogP contribution in [-0.2, 0) is 14.3 Å². The van der Waals surface area contributed by atoms with Crippen molar-refractivity contribution >= 4 is 23.6 Å². The smallest absolute Gasteiger partial charge is 0.252 e. The lowest BCUT2D eigenvalue weighted by molar-refractivity contribution is -0.124. The Bertz CT molecular complexity index is 1980. The Morgan fingerprint density at radius 2 is 1.02 bits per heavy atom. The van der Waals surface area contributed by atoms with E-state index in [1.165, 1.54) is 0 Å². The number of carbonyl (C=O) groups excluding carboxylic acids is 4. The molecule has 3 saturated heterocycles. The molecule has 0 spiro atoms. The molecule has 3 fully saturated rings. The van der Waals surface area contributed by atoms with Gasteiger partial charge in [-0.2, -0.15) is 0 Å². The van der Waals surface area contributed by atoms with Crippen LogP contribution >= 0.6 is 0 Å². The zero-order valence-corrected chi connectivity index (χ0v) is 36.0. The van der Waals surface area contributed by atoms with Crippen LogP contribution in [0.5, 0.6) is 11.5 Å². The van der Waals surface area contributed by atoms with Crippen LogP contribution in [-0.4, -0.2) is 101 Å². The van der Waals surface area contributed by atoms with Crippen molar-refractivity contribution in [2.24, 2.45) is 11.8 Å². The molecule has 62 heavy (non-hydrogen) atoms. The quantitative estimate of drug-likeness (QED) is 0.105. The van der Waals surface area contributed by atoms with E-state index in [0.717, 1.165) is 89.0 Å². The van der Waals surface area contributed by atoms with Gasteiger partial charge in [-0.05, 0) is 136 Å². The molecule has 0 saturated carbocycles. The standard InChI is InChI=1S/C27H35N3O4.C22H27N3O3/c1-33-24-9-7-22(8-10-24)26(31)29-25(21-5-3-2-4-6-21)27(32)28-19-20-11-15-30(16-12-20)23-13-17-34-18-14-23;1-28-19-9-7-18(8-10-19)21(26)25-20(17-5-3-2-4-6-17)22(27)24-15-16-11-13-23-14-12-16/h2-10,20,23,25H,11-19H2,1H3,(H,28,32)(H,29,31);2-10,16,20,23H,11-15H2,1H3,(H,24,27)(H,25,26)/t25-;20-/m11/s1. The number of methoxy groups -OCH3 is 2. The third kappa shape index (κ3) is 13.6. The molecule has 2 atom stereocenters. The molecular weight excluding hydrogens is 785 g/mol. The van der Waals surface area contributed by atoms with Gasteiger partial charge in [0.15, 0.2) is 0 Å². The highest BCUT2D eigenvalue weighted by Gasteiger charge is 2.29. The van der Waals surface area contributed by atoms with E-state index in [1.54, 1.807) is 62.8 Å². The van der Waals surface area contributed by atoms with E-state index in [2.05, 4.69) is 31.5 Å². The van der Waals surface area contributed by atoms with Gasteiger partial charge in [0.05, 0.1) is 14.2 Å². The van der Waals surface area contributed by atoms with Crippen LogP contribution in [0.3, 0.4) is 0 Å². The normalized spacial score (nSPS) is 17.3. The largest absolute Gasteiger partial charge is 0.497 e. The summed E-state index contributed by atoms with van der Waals surface area (Å²) in [6.07, 6.45) is 6.49. The Morgan fingerprint density at radius 1 is 0.597 bits per heavy atom. The summed E-state index contributed by atoms with van der Waals surface area (Å²) in [5.41, 5.74) is 2.48. The number of nitrogens with zero attached hydrogens (tertiary/aromatic N) is 1.